The highest BCUT2D eigenvalue weighted by Gasteiger charge is 2.17. The highest BCUT2D eigenvalue weighted by molar-refractivity contribution is 6.31. The molecule has 0 saturated heterocycles. The summed E-state index contributed by atoms with van der Waals surface area (Å²) in [4.78, 5) is 0. The zero-order valence-electron chi connectivity index (χ0n) is 11.7. The van der Waals surface area contributed by atoms with Crippen molar-refractivity contribution >= 4 is 17.4 Å². The minimum atomic E-state index is 0.462. The number of rotatable bonds is 3. The predicted molar refractivity (Wildman–Crippen MR) is 80.1 cm³/mol. The largest absolute Gasteiger partial charge is 0.496 e. The summed E-state index contributed by atoms with van der Waals surface area (Å²) in [7, 11) is 1.60. The summed E-state index contributed by atoms with van der Waals surface area (Å²) < 4.78 is 7.22. The molecule has 2 aromatic rings. The summed E-state index contributed by atoms with van der Waals surface area (Å²) in [5, 5.41) is 9.78. The fraction of sp³-hybridized carbons (Fsp3) is 0.267. The number of hydrogen-bond donors (Lipinski definition) is 1. The van der Waals surface area contributed by atoms with Crippen LogP contribution in [0.4, 0.5) is 5.82 Å². The number of aromatic nitrogens is 1. The second-order valence-electron chi connectivity index (χ2n) is 4.59. The van der Waals surface area contributed by atoms with E-state index in [2.05, 4.69) is 6.07 Å². The van der Waals surface area contributed by atoms with Crippen LogP contribution in [0.15, 0.2) is 18.2 Å². The molecule has 0 aliphatic rings. The number of hydrogen-bond acceptors (Lipinski definition) is 3. The maximum absolute atomic E-state index is 9.16. The number of anilines is 1. The maximum Gasteiger partial charge on any atom is 0.125 e. The standard InChI is InChI=1S/C15H16ClN3O/c1-9-10(2)19(15(18)11(9)7-17)8-12-13(16)5-4-6-14(12)20-3/h4-6H,8,18H2,1-3H3. The van der Waals surface area contributed by atoms with Crippen molar-refractivity contribution in [1.29, 1.82) is 5.26 Å². The first kappa shape index (κ1) is 14.3. The molecule has 1 aromatic heterocycles. The molecule has 0 atom stereocenters. The second-order valence-corrected chi connectivity index (χ2v) is 5.00. The molecule has 104 valence electrons. The van der Waals surface area contributed by atoms with Crippen LogP contribution >= 0.6 is 11.6 Å². The van der Waals surface area contributed by atoms with Gasteiger partial charge >= 0.3 is 0 Å². The number of nitrogens with zero attached hydrogens (tertiary/aromatic N) is 2. The molecule has 0 radical (unpaired) electrons. The molecule has 0 fully saturated rings. The fourth-order valence-corrected chi connectivity index (χ4v) is 2.50. The third-order valence-electron chi connectivity index (χ3n) is 3.59. The molecule has 1 aromatic carbocycles. The first-order chi connectivity index (χ1) is 9.51. The lowest BCUT2D eigenvalue weighted by atomic mass is 10.2. The molecular weight excluding hydrogens is 274 g/mol. The Kier molecular flexibility index (Phi) is 3.91. The lowest BCUT2D eigenvalue weighted by molar-refractivity contribution is 0.408. The number of nitriles is 1. The van der Waals surface area contributed by atoms with Crippen LogP contribution in [0.25, 0.3) is 0 Å². The van der Waals surface area contributed by atoms with E-state index in [0.29, 0.717) is 28.7 Å². The Labute approximate surface area is 123 Å². The van der Waals surface area contributed by atoms with E-state index >= 15 is 0 Å². The number of halogens is 1. The normalized spacial score (nSPS) is 10.3. The summed E-state index contributed by atoms with van der Waals surface area (Å²) in [6, 6.07) is 7.65. The minimum absolute atomic E-state index is 0.462. The van der Waals surface area contributed by atoms with Gasteiger partial charge in [0.15, 0.2) is 0 Å². The van der Waals surface area contributed by atoms with Crippen LogP contribution in [0, 0.1) is 25.2 Å². The quantitative estimate of drug-likeness (QED) is 0.943. The van der Waals surface area contributed by atoms with Crippen LogP contribution in [-0.2, 0) is 6.54 Å². The zero-order chi connectivity index (χ0) is 14.9. The first-order valence-corrected chi connectivity index (χ1v) is 6.55. The Morgan fingerprint density at radius 2 is 2.10 bits per heavy atom. The van der Waals surface area contributed by atoms with Gasteiger partial charge in [-0.05, 0) is 31.5 Å². The van der Waals surface area contributed by atoms with Crippen molar-refractivity contribution in [2.24, 2.45) is 0 Å². The van der Waals surface area contributed by atoms with E-state index in [1.54, 1.807) is 7.11 Å². The molecule has 0 saturated carbocycles. The van der Waals surface area contributed by atoms with Gasteiger partial charge in [-0.1, -0.05) is 17.7 Å². The number of nitrogen functional groups attached to an aromatic ring is 1. The molecule has 0 spiro atoms. The Hall–Kier alpha value is -2.12. The molecule has 0 unspecified atom stereocenters. The smallest absolute Gasteiger partial charge is 0.125 e. The van der Waals surface area contributed by atoms with Gasteiger partial charge in [-0.25, -0.2) is 0 Å². The first-order valence-electron chi connectivity index (χ1n) is 6.17. The Morgan fingerprint density at radius 1 is 1.40 bits per heavy atom. The van der Waals surface area contributed by atoms with E-state index in [1.165, 1.54) is 0 Å². The second kappa shape index (κ2) is 5.48. The minimum Gasteiger partial charge on any atom is -0.496 e. The third kappa shape index (κ3) is 2.21. The van der Waals surface area contributed by atoms with Gasteiger partial charge in [0.2, 0.25) is 0 Å². The highest BCUT2D eigenvalue weighted by Crippen LogP contribution is 2.31. The number of ether oxygens (including phenoxy) is 1. The van der Waals surface area contributed by atoms with Gasteiger partial charge in [0.1, 0.15) is 17.6 Å². The molecule has 0 amide bonds. The van der Waals surface area contributed by atoms with Gasteiger partial charge in [0, 0.05) is 16.3 Å². The van der Waals surface area contributed by atoms with Crippen molar-refractivity contribution < 1.29 is 4.74 Å². The van der Waals surface area contributed by atoms with E-state index in [1.807, 2.05) is 36.6 Å². The van der Waals surface area contributed by atoms with E-state index < -0.39 is 0 Å². The zero-order valence-corrected chi connectivity index (χ0v) is 12.5. The van der Waals surface area contributed by atoms with Crippen molar-refractivity contribution in [3.63, 3.8) is 0 Å². The summed E-state index contributed by atoms with van der Waals surface area (Å²) >= 11 is 6.24. The number of nitrogens with two attached hydrogens (primary N) is 1. The van der Waals surface area contributed by atoms with Gasteiger partial charge in [-0.3, -0.25) is 0 Å². The van der Waals surface area contributed by atoms with Gasteiger partial charge in [-0.15, -0.1) is 0 Å². The molecule has 1 heterocycles. The Bertz CT molecular complexity index is 698. The van der Waals surface area contributed by atoms with Gasteiger partial charge in [0.05, 0.1) is 19.2 Å². The fourth-order valence-electron chi connectivity index (χ4n) is 2.28. The van der Waals surface area contributed by atoms with Crippen molar-refractivity contribution in [2.75, 3.05) is 12.8 Å². The Balaban J connectivity index is 2.55. The molecule has 0 aliphatic carbocycles. The summed E-state index contributed by atoms with van der Waals surface area (Å²) in [5.41, 5.74) is 9.29. The maximum atomic E-state index is 9.16. The van der Waals surface area contributed by atoms with Crippen LogP contribution in [0.5, 0.6) is 5.75 Å². The Morgan fingerprint density at radius 3 is 2.65 bits per heavy atom. The SMILES string of the molecule is COc1cccc(Cl)c1Cn1c(C)c(C)c(C#N)c1N. The molecule has 0 bridgehead atoms. The van der Waals surface area contributed by atoms with E-state index in [-0.39, 0.29) is 0 Å². The summed E-state index contributed by atoms with van der Waals surface area (Å²) in [6.07, 6.45) is 0. The van der Waals surface area contributed by atoms with Gasteiger partial charge < -0.3 is 15.0 Å². The lowest BCUT2D eigenvalue weighted by Gasteiger charge is -2.14. The molecule has 2 N–H and O–H groups in total. The topological polar surface area (TPSA) is 64.0 Å². The number of methoxy groups -OCH3 is 1. The van der Waals surface area contributed by atoms with E-state index in [0.717, 1.165) is 16.8 Å². The van der Waals surface area contributed by atoms with Crippen LogP contribution < -0.4 is 10.5 Å². The molecule has 5 heteroatoms. The van der Waals surface area contributed by atoms with E-state index in [4.69, 9.17) is 27.3 Å². The van der Waals surface area contributed by atoms with Crippen molar-refractivity contribution in [3.05, 3.63) is 45.6 Å². The predicted octanol–water partition coefficient (Wildman–Crippen LogP) is 3.27. The lowest BCUT2D eigenvalue weighted by Crippen LogP contribution is -2.08. The average Bonchev–Trinajstić information content (AvgIpc) is 2.64. The molecule has 0 aliphatic heterocycles. The van der Waals surface area contributed by atoms with Crippen LogP contribution in [0.3, 0.4) is 0 Å². The number of benzene rings is 1. The summed E-state index contributed by atoms with van der Waals surface area (Å²) in [5.74, 6) is 1.17. The molecule has 20 heavy (non-hydrogen) atoms. The molecular formula is C15H16ClN3O. The average molecular weight is 290 g/mol. The third-order valence-corrected chi connectivity index (χ3v) is 3.95. The van der Waals surface area contributed by atoms with Crippen LogP contribution in [-0.4, -0.2) is 11.7 Å². The van der Waals surface area contributed by atoms with Gasteiger partial charge in [0.25, 0.3) is 0 Å². The highest BCUT2D eigenvalue weighted by atomic mass is 35.5. The van der Waals surface area contributed by atoms with Crippen LogP contribution in [0.1, 0.15) is 22.4 Å². The van der Waals surface area contributed by atoms with E-state index in [9.17, 15) is 0 Å². The van der Waals surface area contributed by atoms with Crippen molar-refractivity contribution in [3.8, 4) is 11.8 Å². The summed E-state index contributed by atoms with van der Waals surface area (Å²) in [6.45, 7) is 4.31. The molecule has 4 nitrogen and oxygen atoms in total. The molecule has 2 rings (SSSR count). The van der Waals surface area contributed by atoms with Gasteiger partial charge in [-0.2, -0.15) is 5.26 Å². The van der Waals surface area contributed by atoms with Crippen molar-refractivity contribution in [2.45, 2.75) is 20.4 Å². The van der Waals surface area contributed by atoms with Crippen LogP contribution in [0.2, 0.25) is 5.02 Å². The van der Waals surface area contributed by atoms with Crippen molar-refractivity contribution in [1.82, 2.24) is 4.57 Å². The monoisotopic (exact) mass is 289 g/mol.